The summed E-state index contributed by atoms with van der Waals surface area (Å²) in [6.07, 6.45) is 1.65. The van der Waals surface area contributed by atoms with Gasteiger partial charge in [-0.05, 0) is 26.0 Å². The van der Waals surface area contributed by atoms with E-state index in [1.165, 1.54) is 6.07 Å². The first kappa shape index (κ1) is 12.1. The van der Waals surface area contributed by atoms with Crippen molar-refractivity contribution in [3.63, 3.8) is 0 Å². The highest BCUT2D eigenvalue weighted by molar-refractivity contribution is 6.31. The van der Waals surface area contributed by atoms with Crippen LogP contribution in [0.5, 0.6) is 0 Å². The van der Waals surface area contributed by atoms with Crippen molar-refractivity contribution in [2.24, 2.45) is 5.73 Å². The highest BCUT2D eigenvalue weighted by Crippen LogP contribution is 2.24. The summed E-state index contributed by atoms with van der Waals surface area (Å²) < 4.78 is 15.3. The quantitative estimate of drug-likeness (QED) is 0.894. The normalized spacial score (nSPS) is 12.8. The molecule has 0 radical (unpaired) electrons. The number of benzene rings is 1. The molecule has 0 saturated carbocycles. The second kappa shape index (κ2) is 4.47. The van der Waals surface area contributed by atoms with E-state index in [0.29, 0.717) is 22.0 Å². The third-order valence-electron chi connectivity index (χ3n) is 2.57. The van der Waals surface area contributed by atoms with Gasteiger partial charge in [0.05, 0.1) is 16.4 Å². The van der Waals surface area contributed by atoms with E-state index in [9.17, 15) is 4.39 Å². The second-order valence-electron chi connectivity index (χ2n) is 3.97. The van der Waals surface area contributed by atoms with E-state index in [1.54, 1.807) is 36.9 Å². The predicted octanol–water partition coefficient (Wildman–Crippen LogP) is 2.99. The van der Waals surface area contributed by atoms with E-state index < -0.39 is 6.04 Å². The summed E-state index contributed by atoms with van der Waals surface area (Å²) in [5.74, 6) is -0.332. The molecule has 0 unspecified atom stereocenters. The summed E-state index contributed by atoms with van der Waals surface area (Å²) in [5.41, 5.74) is 7.54. The second-order valence-corrected chi connectivity index (χ2v) is 4.38. The van der Waals surface area contributed by atoms with E-state index in [0.717, 1.165) is 0 Å². The third kappa shape index (κ3) is 2.18. The number of hydrogen-bond donors (Lipinski definition) is 1. The molecule has 0 aliphatic rings. The first-order valence-electron chi connectivity index (χ1n) is 5.27. The molecular formula is C12H13ClFN3. The molecule has 2 aromatic rings. The van der Waals surface area contributed by atoms with Gasteiger partial charge in [-0.2, -0.15) is 5.10 Å². The SMILES string of the molecule is Cc1nn(-c2cccc(F)c2[C@H](C)N)cc1Cl. The van der Waals surface area contributed by atoms with Crippen LogP contribution in [-0.4, -0.2) is 9.78 Å². The third-order valence-corrected chi connectivity index (χ3v) is 2.94. The Morgan fingerprint density at radius 1 is 1.47 bits per heavy atom. The maximum Gasteiger partial charge on any atom is 0.130 e. The van der Waals surface area contributed by atoms with Crippen LogP contribution in [0.15, 0.2) is 24.4 Å². The smallest absolute Gasteiger partial charge is 0.130 e. The fourth-order valence-corrected chi connectivity index (χ4v) is 1.87. The molecule has 2 N–H and O–H groups in total. The molecule has 1 atom stereocenters. The van der Waals surface area contributed by atoms with Gasteiger partial charge in [0.25, 0.3) is 0 Å². The molecule has 0 fully saturated rings. The number of hydrogen-bond acceptors (Lipinski definition) is 2. The summed E-state index contributed by atoms with van der Waals surface area (Å²) in [7, 11) is 0. The summed E-state index contributed by atoms with van der Waals surface area (Å²) in [6, 6.07) is 4.38. The van der Waals surface area contributed by atoms with E-state index in [-0.39, 0.29) is 5.82 Å². The Morgan fingerprint density at radius 2 is 2.18 bits per heavy atom. The highest BCUT2D eigenvalue weighted by Gasteiger charge is 2.15. The number of rotatable bonds is 2. The zero-order valence-electron chi connectivity index (χ0n) is 9.61. The average Bonchev–Trinajstić information content (AvgIpc) is 2.58. The molecule has 3 nitrogen and oxygen atoms in total. The Labute approximate surface area is 104 Å². The Hall–Kier alpha value is -1.39. The molecule has 1 aromatic heterocycles. The van der Waals surface area contributed by atoms with Crippen LogP contribution in [0.2, 0.25) is 5.02 Å². The number of nitrogens with zero attached hydrogens (tertiary/aromatic N) is 2. The highest BCUT2D eigenvalue weighted by atomic mass is 35.5. The molecule has 0 spiro atoms. The summed E-state index contributed by atoms with van der Waals surface area (Å²) in [6.45, 7) is 3.53. The molecule has 0 bridgehead atoms. The van der Waals surface area contributed by atoms with Crippen molar-refractivity contribution in [3.05, 3.63) is 46.5 Å². The largest absolute Gasteiger partial charge is 0.324 e. The number of halogens is 2. The molecule has 0 amide bonds. The minimum absolute atomic E-state index is 0.332. The van der Waals surface area contributed by atoms with Gasteiger partial charge < -0.3 is 5.73 Å². The molecule has 5 heteroatoms. The van der Waals surface area contributed by atoms with Crippen LogP contribution >= 0.6 is 11.6 Å². The molecule has 17 heavy (non-hydrogen) atoms. The molecule has 90 valence electrons. The van der Waals surface area contributed by atoms with Gasteiger partial charge in [0.2, 0.25) is 0 Å². The lowest BCUT2D eigenvalue weighted by Gasteiger charge is -2.13. The molecule has 0 aliphatic heterocycles. The van der Waals surface area contributed by atoms with Crippen molar-refractivity contribution in [2.45, 2.75) is 19.9 Å². The van der Waals surface area contributed by atoms with Gasteiger partial charge in [-0.15, -0.1) is 0 Å². The van der Waals surface area contributed by atoms with Crippen molar-refractivity contribution >= 4 is 11.6 Å². The molecular weight excluding hydrogens is 241 g/mol. The van der Waals surface area contributed by atoms with E-state index in [2.05, 4.69) is 5.10 Å². The van der Waals surface area contributed by atoms with Gasteiger partial charge in [-0.25, -0.2) is 9.07 Å². The summed E-state index contributed by atoms with van der Waals surface area (Å²) in [4.78, 5) is 0. The topological polar surface area (TPSA) is 43.8 Å². The molecule has 1 aromatic carbocycles. The molecule has 0 aliphatic carbocycles. The number of aryl methyl sites for hydroxylation is 1. The average molecular weight is 254 g/mol. The first-order valence-corrected chi connectivity index (χ1v) is 5.64. The van der Waals surface area contributed by atoms with Crippen molar-refractivity contribution in [3.8, 4) is 5.69 Å². The Balaban J connectivity index is 2.63. The summed E-state index contributed by atoms with van der Waals surface area (Å²) >= 11 is 5.94. The van der Waals surface area contributed by atoms with Crippen molar-refractivity contribution in [1.29, 1.82) is 0 Å². The first-order chi connectivity index (χ1) is 8.00. The zero-order valence-corrected chi connectivity index (χ0v) is 10.4. The van der Waals surface area contributed by atoms with Crippen LogP contribution in [0.1, 0.15) is 24.2 Å². The number of aromatic nitrogens is 2. The lowest BCUT2D eigenvalue weighted by molar-refractivity contribution is 0.589. The van der Waals surface area contributed by atoms with Crippen molar-refractivity contribution < 1.29 is 4.39 Å². The molecule has 0 saturated heterocycles. The van der Waals surface area contributed by atoms with Gasteiger partial charge in [-0.3, -0.25) is 0 Å². The Morgan fingerprint density at radius 3 is 2.71 bits per heavy atom. The van der Waals surface area contributed by atoms with Gasteiger partial charge in [0, 0.05) is 17.8 Å². The van der Waals surface area contributed by atoms with Gasteiger partial charge >= 0.3 is 0 Å². The lowest BCUT2D eigenvalue weighted by Crippen LogP contribution is -2.12. The Kier molecular flexibility index (Phi) is 3.17. The van der Waals surface area contributed by atoms with Crippen LogP contribution in [0.3, 0.4) is 0 Å². The predicted molar refractivity (Wildman–Crippen MR) is 65.9 cm³/mol. The monoisotopic (exact) mass is 253 g/mol. The van der Waals surface area contributed by atoms with Crippen LogP contribution in [0.4, 0.5) is 4.39 Å². The fourth-order valence-electron chi connectivity index (χ4n) is 1.74. The minimum atomic E-state index is -0.408. The van der Waals surface area contributed by atoms with Crippen LogP contribution in [-0.2, 0) is 0 Å². The van der Waals surface area contributed by atoms with E-state index in [1.807, 2.05) is 0 Å². The molecule has 1 heterocycles. The maximum absolute atomic E-state index is 13.7. The van der Waals surface area contributed by atoms with Gasteiger partial charge in [0.1, 0.15) is 5.82 Å². The van der Waals surface area contributed by atoms with E-state index in [4.69, 9.17) is 17.3 Å². The number of nitrogens with two attached hydrogens (primary N) is 1. The van der Waals surface area contributed by atoms with E-state index >= 15 is 0 Å². The van der Waals surface area contributed by atoms with Crippen LogP contribution in [0.25, 0.3) is 5.69 Å². The lowest BCUT2D eigenvalue weighted by atomic mass is 10.1. The maximum atomic E-state index is 13.7. The van der Waals surface area contributed by atoms with Crippen LogP contribution < -0.4 is 5.73 Å². The fraction of sp³-hybridized carbons (Fsp3) is 0.250. The standard InChI is InChI=1S/C12H13ClFN3/c1-7(15)12-10(14)4-3-5-11(12)17-6-9(13)8(2)16-17/h3-7H,15H2,1-2H3/t7-/m0/s1. The molecule has 2 rings (SSSR count). The summed E-state index contributed by atoms with van der Waals surface area (Å²) in [5, 5.41) is 4.77. The van der Waals surface area contributed by atoms with Crippen molar-refractivity contribution in [1.82, 2.24) is 9.78 Å². The minimum Gasteiger partial charge on any atom is -0.324 e. The van der Waals surface area contributed by atoms with Gasteiger partial charge in [-0.1, -0.05) is 17.7 Å². The van der Waals surface area contributed by atoms with Crippen LogP contribution in [0, 0.1) is 12.7 Å². The van der Waals surface area contributed by atoms with Crippen molar-refractivity contribution in [2.75, 3.05) is 0 Å². The Bertz CT molecular complexity index is 529. The van der Waals surface area contributed by atoms with Gasteiger partial charge in [0.15, 0.2) is 0 Å². The zero-order chi connectivity index (χ0) is 12.6.